The molecule has 0 bridgehead atoms. The third-order valence-corrected chi connectivity index (χ3v) is 5.84. The molecule has 1 aromatic heterocycles. The maximum absolute atomic E-state index is 12.3. The summed E-state index contributed by atoms with van der Waals surface area (Å²) < 4.78 is 16.6. The summed E-state index contributed by atoms with van der Waals surface area (Å²) in [5, 5.41) is 6.75. The number of nitrogens with zero attached hydrogens (tertiary/aromatic N) is 2. The fourth-order valence-electron chi connectivity index (χ4n) is 4.20. The predicted octanol–water partition coefficient (Wildman–Crippen LogP) is 3.87. The van der Waals surface area contributed by atoms with Gasteiger partial charge in [0, 0.05) is 23.8 Å². The zero-order valence-electron chi connectivity index (χ0n) is 17.7. The average Bonchev–Trinajstić information content (AvgIpc) is 3.47. The molecule has 164 valence electrons. The van der Waals surface area contributed by atoms with Crippen molar-refractivity contribution in [3.63, 3.8) is 0 Å². The van der Waals surface area contributed by atoms with Gasteiger partial charge in [-0.05, 0) is 43.0 Å². The molecule has 2 aromatic carbocycles. The average molecular weight is 432 g/mol. The number of hydrazone groups is 1. The van der Waals surface area contributed by atoms with Gasteiger partial charge in [0.15, 0.2) is 13.2 Å². The molecule has 1 aliphatic carbocycles. The van der Waals surface area contributed by atoms with E-state index in [2.05, 4.69) is 5.10 Å². The zero-order chi connectivity index (χ0) is 21.9. The van der Waals surface area contributed by atoms with Gasteiger partial charge in [-0.2, -0.15) is 5.10 Å². The molecule has 3 aromatic rings. The summed E-state index contributed by atoms with van der Waals surface area (Å²) in [6.45, 7) is -0.147. The molecule has 2 aliphatic rings. The van der Waals surface area contributed by atoms with E-state index in [9.17, 15) is 9.59 Å². The molecular formula is C25H24N2O5. The molecule has 0 fully saturated rings. The molecule has 7 nitrogen and oxygen atoms in total. The Morgan fingerprint density at radius 3 is 2.72 bits per heavy atom. The summed E-state index contributed by atoms with van der Waals surface area (Å²) in [7, 11) is 0. The number of hydrogen-bond acceptors (Lipinski definition) is 6. The third-order valence-electron chi connectivity index (χ3n) is 5.84. The molecule has 0 atom stereocenters. The van der Waals surface area contributed by atoms with Crippen LogP contribution in [0.1, 0.15) is 36.1 Å². The van der Waals surface area contributed by atoms with Crippen LogP contribution in [-0.4, -0.2) is 42.4 Å². The topological polar surface area (TPSA) is 81.3 Å². The van der Waals surface area contributed by atoms with E-state index < -0.39 is 5.97 Å². The Kier molecular flexibility index (Phi) is 5.62. The normalized spacial score (nSPS) is 15.4. The Balaban J connectivity index is 1.13. The summed E-state index contributed by atoms with van der Waals surface area (Å²) in [6.07, 6.45) is 4.94. The van der Waals surface area contributed by atoms with Gasteiger partial charge >= 0.3 is 5.97 Å². The van der Waals surface area contributed by atoms with Gasteiger partial charge in [-0.25, -0.2) is 9.80 Å². The Morgan fingerprint density at radius 2 is 1.84 bits per heavy atom. The lowest BCUT2D eigenvalue weighted by Gasteiger charge is -2.12. The number of hydrogen-bond donors (Lipinski definition) is 0. The van der Waals surface area contributed by atoms with Gasteiger partial charge in [0.25, 0.3) is 5.91 Å². The lowest BCUT2D eigenvalue weighted by Crippen LogP contribution is -2.29. The second-order valence-electron chi connectivity index (χ2n) is 8.00. The number of rotatable bonds is 6. The molecule has 0 radical (unpaired) electrons. The fraction of sp³-hybridized carbons (Fsp3) is 0.320. The van der Waals surface area contributed by atoms with Gasteiger partial charge in [-0.15, -0.1) is 0 Å². The van der Waals surface area contributed by atoms with Crippen molar-refractivity contribution >= 4 is 28.6 Å². The van der Waals surface area contributed by atoms with Crippen LogP contribution in [0, 0.1) is 0 Å². The van der Waals surface area contributed by atoms with Crippen LogP contribution in [-0.2, 0) is 27.2 Å². The minimum atomic E-state index is -0.598. The van der Waals surface area contributed by atoms with Crippen LogP contribution in [0.2, 0.25) is 0 Å². The lowest BCUT2D eigenvalue weighted by atomic mass is 9.96. The van der Waals surface area contributed by atoms with Gasteiger partial charge in [-0.3, -0.25) is 4.79 Å². The van der Waals surface area contributed by atoms with Crippen molar-refractivity contribution in [2.24, 2.45) is 5.10 Å². The molecule has 1 aliphatic heterocycles. The molecule has 0 unspecified atom stereocenters. The first-order chi connectivity index (χ1) is 15.7. The summed E-state index contributed by atoms with van der Waals surface area (Å²) in [6, 6.07) is 15.3. The number of fused-ring (bicyclic) bond motifs is 3. The first-order valence-corrected chi connectivity index (χ1v) is 10.9. The minimum Gasteiger partial charge on any atom is -0.482 e. The molecular weight excluding hydrogens is 408 g/mol. The monoisotopic (exact) mass is 432 g/mol. The molecule has 2 heterocycles. The number of esters is 1. The van der Waals surface area contributed by atoms with Crippen LogP contribution < -0.4 is 4.74 Å². The largest absolute Gasteiger partial charge is 0.482 e. The van der Waals surface area contributed by atoms with Crippen molar-refractivity contribution in [1.82, 2.24) is 5.01 Å². The Labute approximate surface area is 185 Å². The van der Waals surface area contributed by atoms with Gasteiger partial charge in [0.05, 0.1) is 12.3 Å². The first-order valence-electron chi connectivity index (χ1n) is 10.9. The Morgan fingerprint density at radius 1 is 1.00 bits per heavy atom. The second-order valence-corrected chi connectivity index (χ2v) is 8.00. The van der Waals surface area contributed by atoms with E-state index in [-0.39, 0.29) is 19.1 Å². The van der Waals surface area contributed by atoms with Gasteiger partial charge in [0.1, 0.15) is 17.1 Å². The lowest BCUT2D eigenvalue weighted by molar-refractivity contribution is -0.153. The van der Waals surface area contributed by atoms with Crippen LogP contribution in [0.5, 0.6) is 5.75 Å². The highest BCUT2D eigenvalue weighted by atomic mass is 16.6. The molecule has 0 N–H and O–H groups in total. The molecule has 1 amide bonds. The van der Waals surface area contributed by atoms with E-state index in [0.717, 1.165) is 53.7 Å². The maximum atomic E-state index is 12.3. The van der Waals surface area contributed by atoms with E-state index in [1.54, 1.807) is 6.07 Å². The number of amides is 1. The van der Waals surface area contributed by atoms with E-state index in [1.165, 1.54) is 10.6 Å². The van der Waals surface area contributed by atoms with Crippen molar-refractivity contribution in [2.45, 2.75) is 32.1 Å². The number of aryl methyl sites for hydroxylation is 2. The van der Waals surface area contributed by atoms with E-state index >= 15 is 0 Å². The molecule has 0 spiro atoms. The van der Waals surface area contributed by atoms with E-state index in [0.29, 0.717) is 18.7 Å². The Bertz CT molecular complexity index is 1180. The molecule has 5 rings (SSSR count). The predicted molar refractivity (Wildman–Crippen MR) is 119 cm³/mol. The van der Waals surface area contributed by atoms with Crippen molar-refractivity contribution in [3.8, 4) is 5.75 Å². The number of ether oxygens (including phenoxy) is 2. The highest BCUT2D eigenvalue weighted by molar-refractivity contribution is 6.02. The van der Waals surface area contributed by atoms with Crippen LogP contribution in [0.3, 0.4) is 0 Å². The Hall–Kier alpha value is -3.61. The highest BCUT2D eigenvalue weighted by Gasteiger charge is 2.23. The second kappa shape index (κ2) is 8.86. The number of benzene rings is 2. The number of carbonyl (C=O) groups is 2. The molecule has 32 heavy (non-hydrogen) atoms. The van der Waals surface area contributed by atoms with Crippen molar-refractivity contribution in [2.75, 3.05) is 19.8 Å². The van der Waals surface area contributed by atoms with Gasteiger partial charge in [-0.1, -0.05) is 30.3 Å². The SMILES string of the molecule is O=C(COc1ccc2oc3c(c2c1)CCCC3)OCC(=O)N1CCC(c2ccccc2)=N1. The standard InChI is InChI=1S/C25H24N2O5/c28-24(27-13-12-21(26-27)17-6-2-1-3-7-17)15-31-25(29)16-30-18-10-11-23-20(14-18)19-8-4-5-9-22(19)32-23/h1-3,6-7,10-11,14H,4-5,8-9,12-13,15-16H2. The first kappa shape index (κ1) is 20.3. The van der Waals surface area contributed by atoms with Gasteiger partial charge in [0.2, 0.25) is 0 Å². The highest BCUT2D eigenvalue weighted by Crippen LogP contribution is 2.33. The van der Waals surface area contributed by atoms with Crippen LogP contribution in [0.4, 0.5) is 0 Å². The van der Waals surface area contributed by atoms with Crippen LogP contribution in [0.25, 0.3) is 11.0 Å². The van der Waals surface area contributed by atoms with Crippen molar-refractivity contribution < 1.29 is 23.5 Å². The van der Waals surface area contributed by atoms with Gasteiger partial charge < -0.3 is 13.9 Å². The van der Waals surface area contributed by atoms with Crippen LogP contribution >= 0.6 is 0 Å². The van der Waals surface area contributed by atoms with E-state index in [1.807, 2.05) is 42.5 Å². The fourth-order valence-corrected chi connectivity index (χ4v) is 4.20. The smallest absolute Gasteiger partial charge is 0.344 e. The molecule has 7 heteroatoms. The third kappa shape index (κ3) is 4.23. The van der Waals surface area contributed by atoms with E-state index in [4.69, 9.17) is 13.9 Å². The molecule has 0 saturated heterocycles. The van der Waals surface area contributed by atoms with Crippen LogP contribution in [0.15, 0.2) is 58.0 Å². The zero-order valence-corrected chi connectivity index (χ0v) is 17.7. The summed E-state index contributed by atoms with van der Waals surface area (Å²) in [4.78, 5) is 24.4. The maximum Gasteiger partial charge on any atom is 0.344 e. The van der Waals surface area contributed by atoms with Crippen molar-refractivity contribution in [1.29, 1.82) is 0 Å². The summed E-state index contributed by atoms with van der Waals surface area (Å²) in [5.74, 6) is 0.683. The number of carbonyl (C=O) groups excluding carboxylic acids is 2. The number of furan rings is 1. The summed E-state index contributed by atoms with van der Waals surface area (Å²) >= 11 is 0. The molecule has 0 saturated carbocycles. The minimum absolute atomic E-state index is 0.267. The summed E-state index contributed by atoms with van der Waals surface area (Å²) in [5.41, 5.74) is 3.93. The van der Waals surface area contributed by atoms with Crippen molar-refractivity contribution in [3.05, 3.63) is 65.4 Å². The quantitative estimate of drug-likeness (QED) is 0.553.